The van der Waals surface area contributed by atoms with E-state index in [2.05, 4.69) is 15.0 Å². The minimum atomic E-state index is 0.687. The van der Waals surface area contributed by atoms with E-state index in [0.717, 1.165) is 21.5 Å². The lowest BCUT2D eigenvalue weighted by Crippen LogP contribution is -1.92. The van der Waals surface area contributed by atoms with Crippen LogP contribution in [0.2, 0.25) is 0 Å². The number of hydrogen-bond donors (Lipinski definition) is 1. The highest BCUT2D eigenvalue weighted by Gasteiger charge is 2.07. The van der Waals surface area contributed by atoms with E-state index in [1.54, 1.807) is 24.7 Å². The van der Waals surface area contributed by atoms with Crippen molar-refractivity contribution < 1.29 is 0 Å². The first-order valence-corrected chi connectivity index (χ1v) is 6.24. The van der Waals surface area contributed by atoms with Crippen LogP contribution in [-0.2, 0) is 0 Å². The van der Waals surface area contributed by atoms with Crippen molar-refractivity contribution in [2.45, 2.75) is 10.1 Å². The van der Waals surface area contributed by atoms with Crippen molar-refractivity contribution in [3.63, 3.8) is 0 Å². The fraction of sp³-hybridized carbons (Fsp3) is 0. The Balaban J connectivity index is 2.05. The van der Waals surface area contributed by atoms with Crippen molar-refractivity contribution in [2.75, 3.05) is 5.73 Å². The summed E-state index contributed by atoms with van der Waals surface area (Å²) in [5.41, 5.74) is 7.77. The predicted molar refractivity (Wildman–Crippen MR) is 72.3 cm³/mol. The summed E-state index contributed by atoms with van der Waals surface area (Å²) >= 11 is 1.45. The van der Waals surface area contributed by atoms with Crippen LogP contribution in [0, 0.1) is 0 Å². The van der Waals surface area contributed by atoms with Crippen molar-refractivity contribution in [2.24, 2.45) is 0 Å². The maximum Gasteiger partial charge on any atom is 0.192 e. The number of nitrogens with zero attached hydrogens (tertiary/aromatic N) is 3. The molecule has 2 N–H and O–H groups in total. The van der Waals surface area contributed by atoms with Gasteiger partial charge < -0.3 is 5.73 Å². The van der Waals surface area contributed by atoms with Gasteiger partial charge in [-0.2, -0.15) is 0 Å². The van der Waals surface area contributed by atoms with Crippen LogP contribution in [0.5, 0.6) is 0 Å². The zero-order valence-corrected chi connectivity index (χ0v) is 10.3. The highest BCUT2D eigenvalue weighted by Crippen LogP contribution is 2.33. The van der Waals surface area contributed by atoms with Crippen molar-refractivity contribution >= 4 is 28.4 Å². The Kier molecular flexibility index (Phi) is 2.82. The Morgan fingerprint density at radius 2 is 1.67 bits per heavy atom. The Morgan fingerprint density at radius 3 is 2.50 bits per heavy atom. The highest BCUT2D eigenvalue weighted by molar-refractivity contribution is 7.99. The summed E-state index contributed by atoms with van der Waals surface area (Å²) in [7, 11) is 0. The van der Waals surface area contributed by atoms with Gasteiger partial charge in [-0.3, -0.25) is 4.98 Å². The van der Waals surface area contributed by atoms with Gasteiger partial charge in [-0.1, -0.05) is 0 Å². The fourth-order valence-corrected chi connectivity index (χ4v) is 2.46. The molecule has 18 heavy (non-hydrogen) atoms. The third-order valence-corrected chi connectivity index (χ3v) is 3.50. The van der Waals surface area contributed by atoms with Gasteiger partial charge in [0.2, 0.25) is 0 Å². The molecule has 0 spiro atoms. The number of nitrogens with two attached hydrogens (primary N) is 1. The normalized spacial score (nSPS) is 10.7. The number of aromatic nitrogens is 3. The lowest BCUT2D eigenvalue weighted by molar-refractivity contribution is 0.967. The molecule has 0 bridgehead atoms. The van der Waals surface area contributed by atoms with E-state index in [4.69, 9.17) is 5.73 Å². The van der Waals surface area contributed by atoms with Crippen LogP contribution in [0.4, 0.5) is 5.69 Å². The van der Waals surface area contributed by atoms with Gasteiger partial charge in [0.1, 0.15) is 0 Å². The van der Waals surface area contributed by atoms with Crippen LogP contribution in [0.15, 0.2) is 59.0 Å². The molecule has 0 saturated carbocycles. The lowest BCUT2D eigenvalue weighted by atomic mass is 10.2. The van der Waals surface area contributed by atoms with Gasteiger partial charge in [0.15, 0.2) is 5.16 Å². The zero-order valence-electron chi connectivity index (χ0n) is 9.45. The molecule has 0 aliphatic heterocycles. The van der Waals surface area contributed by atoms with Crippen molar-refractivity contribution in [3.05, 3.63) is 48.9 Å². The summed E-state index contributed by atoms with van der Waals surface area (Å²) in [5.74, 6) is 0. The number of anilines is 1. The minimum absolute atomic E-state index is 0.687. The summed E-state index contributed by atoms with van der Waals surface area (Å²) in [5, 5.41) is 1.64. The Labute approximate surface area is 108 Å². The maximum absolute atomic E-state index is 6.15. The smallest absolute Gasteiger partial charge is 0.192 e. The second kappa shape index (κ2) is 4.62. The van der Waals surface area contributed by atoms with Crippen LogP contribution in [0.1, 0.15) is 0 Å². The van der Waals surface area contributed by atoms with Crippen LogP contribution < -0.4 is 5.73 Å². The van der Waals surface area contributed by atoms with E-state index in [1.165, 1.54) is 11.8 Å². The lowest BCUT2D eigenvalue weighted by Gasteiger charge is -2.07. The van der Waals surface area contributed by atoms with E-state index < -0.39 is 0 Å². The van der Waals surface area contributed by atoms with Crippen LogP contribution >= 0.6 is 11.8 Å². The van der Waals surface area contributed by atoms with Crippen LogP contribution in [0.25, 0.3) is 10.9 Å². The molecule has 0 aliphatic carbocycles. The Hall–Kier alpha value is -2.14. The third kappa shape index (κ3) is 2.00. The van der Waals surface area contributed by atoms with Crippen LogP contribution in [0.3, 0.4) is 0 Å². The van der Waals surface area contributed by atoms with Crippen molar-refractivity contribution in [3.8, 4) is 0 Å². The molecular formula is C13H10N4S. The molecule has 2 aromatic heterocycles. The minimum Gasteiger partial charge on any atom is -0.397 e. The summed E-state index contributed by atoms with van der Waals surface area (Å²) in [6.07, 6.45) is 5.19. The molecule has 0 radical (unpaired) electrons. The summed E-state index contributed by atoms with van der Waals surface area (Å²) in [6.45, 7) is 0. The van der Waals surface area contributed by atoms with Gasteiger partial charge in [0.25, 0.3) is 0 Å². The van der Waals surface area contributed by atoms with Gasteiger partial charge in [0.05, 0.1) is 11.2 Å². The molecule has 0 saturated heterocycles. The van der Waals surface area contributed by atoms with Crippen molar-refractivity contribution in [1.29, 1.82) is 0 Å². The molecule has 5 heteroatoms. The highest BCUT2D eigenvalue weighted by atomic mass is 32.2. The molecule has 3 aromatic rings. The zero-order chi connectivity index (χ0) is 12.4. The molecule has 1 aromatic carbocycles. The quantitative estimate of drug-likeness (QED) is 0.562. The summed E-state index contributed by atoms with van der Waals surface area (Å²) < 4.78 is 0. The standard InChI is InChI=1S/C13H10N4S/c14-12-9-3-1-6-15-10(9)4-5-11(12)18-13-16-7-2-8-17-13/h1-8H,14H2. The molecule has 4 nitrogen and oxygen atoms in total. The van der Waals surface area contributed by atoms with Crippen LogP contribution in [-0.4, -0.2) is 15.0 Å². The number of pyridine rings is 1. The average molecular weight is 254 g/mol. The molecule has 0 atom stereocenters. The van der Waals surface area contributed by atoms with Gasteiger partial charge >= 0.3 is 0 Å². The molecule has 2 heterocycles. The van der Waals surface area contributed by atoms with E-state index in [0.29, 0.717) is 5.16 Å². The summed E-state index contributed by atoms with van der Waals surface area (Å²) in [4.78, 5) is 13.6. The first-order valence-electron chi connectivity index (χ1n) is 5.43. The number of rotatable bonds is 2. The maximum atomic E-state index is 6.15. The molecule has 0 fully saturated rings. The van der Waals surface area contributed by atoms with Gasteiger partial charge in [-0.05, 0) is 42.1 Å². The van der Waals surface area contributed by atoms with E-state index in [-0.39, 0.29) is 0 Å². The third-order valence-electron chi connectivity index (χ3n) is 2.53. The van der Waals surface area contributed by atoms with Gasteiger partial charge in [-0.15, -0.1) is 0 Å². The molecule has 0 unspecified atom stereocenters. The molecule has 0 aliphatic rings. The van der Waals surface area contributed by atoms with E-state index in [1.807, 2.05) is 24.3 Å². The second-order valence-corrected chi connectivity index (χ2v) is 4.69. The monoisotopic (exact) mass is 254 g/mol. The van der Waals surface area contributed by atoms with E-state index in [9.17, 15) is 0 Å². The molecule has 3 rings (SSSR count). The van der Waals surface area contributed by atoms with Gasteiger partial charge in [-0.25, -0.2) is 9.97 Å². The van der Waals surface area contributed by atoms with E-state index >= 15 is 0 Å². The average Bonchev–Trinajstić information content (AvgIpc) is 2.43. The predicted octanol–water partition coefficient (Wildman–Crippen LogP) is 2.76. The Bertz CT molecular complexity index is 685. The molecule has 0 amide bonds. The van der Waals surface area contributed by atoms with Gasteiger partial charge in [0, 0.05) is 28.9 Å². The second-order valence-electron chi connectivity index (χ2n) is 3.68. The first kappa shape index (κ1) is 11.0. The summed E-state index contributed by atoms with van der Waals surface area (Å²) in [6, 6.07) is 9.54. The molecular weight excluding hydrogens is 244 g/mol. The van der Waals surface area contributed by atoms with Crippen molar-refractivity contribution in [1.82, 2.24) is 15.0 Å². The molecule has 88 valence electrons. The fourth-order valence-electron chi connectivity index (χ4n) is 1.68. The number of fused-ring (bicyclic) bond motifs is 1. The Morgan fingerprint density at radius 1 is 0.889 bits per heavy atom. The largest absolute Gasteiger partial charge is 0.397 e. The number of nitrogen functional groups attached to an aromatic ring is 1. The number of hydrogen-bond acceptors (Lipinski definition) is 5. The SMILES string of the molecule is Nc1c(Sc2ncccn2)ccc2ncccc12. The number of benzene rings is 1. The first-order chi connectivity index (χ1) is 8.84. The topological polar surface area (TPSA) is 64.7 Å².